The lowest BCUT2D eigenvalue weighted by molar-refractivity contribution is -0.384. The summed E-state index contributed by atoms with van der Waals surface area (Å²) < 4.78 is 5.29. The molecule has 0 bridgehead atoms. The minimum Gasteiger partial charge on any atom is -0.380 e. The number of halogens is 1. The highest BCUT2D eigenvalue weighted by atomic mass is 35.5. The Bertz CT molecular complexity index is 457. The maximum absolute atomic E-state index is 11.0. The van der Waals surface area contributed by atoms with Crippen molar-refractivity contribution < 1.29 is 9.66 Å². The Labute approximate surface area is 109 Å². The first kappa shape index (κ1) is 13.0. The fraction of sp³-hybridized carbons (Fsp3) is 0.600. The third kappa shape index (κ3) is 2.51. The molecule has 1 aromatic rings. The van der Waals surface area contributed by atoms with E-state index in [1.54, 1.807) is 7.11 Å². The van der Waals surface area contributed by atoms with E-state index in [2.05, 4.69) is 9.97 Å². The molecule has 0 spiro atoms. The van der Waals surface area contributed by atoms with Crippen LogP contribution in [0.25, 0.3) is 0 Å². The van der Waals surface area contributed by atoms with E-state index >= 15 is 0 Å². The summed E-state index contributed by atoms with van der Waals surface area (Å²) in [5, 5.41) is 10.9. The molecule has 7 nitrogen and oxygen atoms in total. The average Bonchev–Trinajstić information content (AvgIpc) is 2.38. The summed E-state index contributed by atoms with van der Waals surface area (Å²) in [5.41, 5.74) is -0.240. The zero-order chi connectivity index (χ0) is 13.1. The third-order valence-corrected chi connectivity index (χ3v) is 3.23. The molecular formula is C10H13ClN4O3. The zero-order valence-electron chi connectivity index (χ0n) is 9.87. The molecule has 0 N–H and O–H groups in total. The maximum atomic E-state index is 11.0. The molecule has 2 rings (SSSR count). The largest absolute Gasteiger partial charge is 0.380 e. The van der Waals surface area contributed by atoms with E-state index in [-0.39, 0.29) is 22.8 Å². The third-order valence-electron chi connectivity index (χ3n) is 2.95. The van der Waals surface area contributed by atoms with Gasteiger partial charge >= 0.3 is 5.69 Å². The molecule has 0 aliphatic carbocycles. The van der Waals surface area contributed by atoms with Gasteiger partial charge in [-0.25, -0.2) is 9.97 Å². The molecule has 2 heterocycles. The molecule has 1 fully saturated rings. The number of nitro groups is 1. The first-order valence-corrected chi connectivity index (χ1v) is 5.94. The van der Waals surface area contributed by atoms with E-state index in [1.165, 1.54) is 6.33 Å². The van der Waals surface area contributed by atoms with Gasteiger partial charge in [0.15, 0.2) is 0 Å². The van der Waals surface area contributed by atoms with Crippen molar-refractivity contribution in [1.29, 1.82) is 0 Å². The van der Waals surface area contributed by atoms with Crippen molar-refractivity contribution in [3.8, 4) is 0 Å². The lowest BCUT2D eigenvalue weighted by Crippen LogP contribution is -2.40. The van der Waals surface area contributed by atoms with Gasteiger partial charge in [0.1, 0.15) is 6.33 Å². The number of ether oxygens (including phenoxy) is 1. The molecule has 1 aliphatic rings. The van der Waals surface area contributed by atoms with E-state index in [9.17, 15) is 10.1 Å². The second kappa shape index (κ2) is 5.45. The molecule has 98 valence electrons. The zero-order valence-corrected chi connectivity index (χ0v) is 10.6. The normalized spacial score (nSPS) is 19.9. The quantitative estimate of drug-likeness (QED) is 0.473. The van der Waals surface area contributed by atoms with Crippen molar-refractivity contribution >= 4 is 23.1 Å². The van der Waals surface area contributed by atoms with Crippen molar-refractivity contribution in [3.05, 3.63) is 21.6 Å². The smallest absolute Gasteiger partial charge is 0.348 e. The number of hydrogen-bond donors (Lipinski definition) is 0. The van der Waals surface area contributed by atoms with Gasteiger partial charge in [0.05, 0.1) is 11.0 Å². The van der Waals surface area contributed by atoms with E-state index in [0.717, 1.165) is 12.8 Å². The summed E-state index contributed by atoms with van der Waals surface area (Å²) in [6, 6.07) is 0. The molecule has 1 saturated heterocycles. The van der Waals surface area contributed by atoms with Crippen LogP contribution >= 0.6 is 11.6 Å². The van der Waals surface area contributed by atoms with Gasteiger partial charge < -0.3 is 9.64 Å². The van der Waals surface area contributed by atoms with E-state index in [0.29, 0.717) is 13.1 Å². The van der Waals surface area contributed by atoms with Gasteiger partial charge in [0.2, 0.25) is 11.0 Å². The number of nitrogens with zero attached hydrogens (tertiary/aromatic N) is 4. The van der Waals surface area contributed by atoms with E-state index < -0.39 is 4.92 Å². The minimum absolute atomic E-state index is 0.0621. The van der Waals surface area contributed by atoms with Crippen molar-refractivity contribution in [2.75, 3.05) is 25.1 Å². The van der Waals surface area contributed by atoms with Crippen LogP contribution in [0.5, 0.6) is 0 Å². The summed E-state index contributed by atoms with van der Waals surface area (Å²) in [6.07, 6.45) is 3.14. The summed E-state index contributed by atoms with van der Waals surface area (Å²) in [4.78, 5) is 19.9. The Hall–Kier alpha value is -1.47. The van der Waals surface area contributed by atoms with Gasteiger partial charge in [-0.15, -0.1) is 0 Å². The van der Waals surface area contributed by atoms with Crippen LogP contribution in [0.1, 0.15) is 12.8 Å². The summed E-state index contributed by atoms with van der Waals surface area (Å²) in [7, 11) is 1.63. The van der Waals surface area contributed by atoms with Gasteiger partial charge in [-0.1, -0.05) is 11.6 Å². The van der Waals surface area contributed by atoms with Crippen molar-refractivity contribution in [1.82, 2.24) is 9.97 Å². The number of hydrogen-bond acceptors (Lipinski definition) is 6. The second-order valence-corrected chi connectivity index (χ2v) is 4.40. The SMILES string of the molecule is COC1CCCN(c2ncnc(Cl)c2[N+](=O)[O-])C1. The van der Waals surface area contributed by atoms with Crippen LogP contribution in [0, 0.1) is 10.1 Å². The molecule has 1 aliphatic heterocycles. The van der Waals surface area contributed by atoms with Crippen molar-refractivity contribution in [2.24, 2.45) is 0 Å². The van der Waals surface area contributed by atoms with Crippen LogP contribution in [-0.4, -0.2) is 41.2 Å². The minimum atomic E-state index is -0.548. The van der Waals surface area contributed by atoms with E-state index in [4.69, 9.17) is 16.3 Å². The van der Waals surface area contributed by atoms with Crippen LogP contribution < -0.4 is 4.90 Å². The monoisotopic (exact) mass is 272 g/mol. The van der Waals surface area contributed by atoms with Crippen LogP contribution in [0.3, 0.4) is 0 Å². The molecule has 0 saturated carbocycles. The standard InChI is InChI=1S/C10H13ClN4O3/c1-18-7-3-2-4-14(5-7)10-8(15(16)17)9(11)12-6-13-10/h6-7H,2-5H2,1H3. The van der Waals surface area contributed by atoms with E-state index in [1.807, 2.05) is 4.90 Å². The molecule has 8 heteroatoms. The molecule has 0 amide bonds. The Morgan fingerprint density at radius 2 is 2.39 bits per heavy atom. The number of piperidine rings is 1. The van der Waals surface area contributed by atoms with Gasteiger partial charge in [-0.2, -0.15) is 0 Å². The summed E-state index contributed by atoms with van der Waals surface area (Å²) in [5.74, 6) is 0.266. The number of rotatable bonds is 3. The fourth-order valence-corrected chi connectivity index (χ4v) is 2.26. The predicted octanol–water partition coefficient (Wildman–Crippen LogP) is 1.65. The van der Waals surface area contributed by atoms with Crippen LogP contribution in [0.2, 0.25) is 5.15 Å². The Morgan fingerprint density at radius 3 is 3.06 bits per heavy atom. The van der Waals surface area contributed by atoms with Crippen molar-refractivity contribution in [3.63, 3.8) is 0 Å². The topological polar surface area (TPSA) is 81.4 Å². The number of anilines is 1. The van der Waals surface area contributed by atoms with Gasteiger partial charge in [0.25, 0.3) is 0 Å². The van der Waals surface area contributed by atoms with Crippen molar-refractivity contribution in [2.45, 2.75) is 18.9 Å². The molecule has 1 aromatic heterocycles. The molecule has 0 aromatic carbocycles. The fourth-order valence-electron chi connectivity index (χ4n) is 2.06. The summed E-state index contributed by atoms with van der Waals surface area (Å²) in [6.45, 7) is 1.28. The predicted molar refractivity (Wildman–Crippen MR) is 65.9 cm³/mol. The number of aromatic nitrogens is 2. The molecule has 0 radical (unpaired) electrons. The van der Waals surface area contributed by atoms with Crippen LogP contribution in [0.4, 0.5) is 11.5 Å². The highest BCUT2D eigenvalue weighted by Crippen LogP contribution is 2.32. The maximum Gasteiger partial charge on any atom is 0.348 e. The first-order chi connectivity index (χ1) is 8.63. The van der Waals surface area contributed by atoms with Gasteiger partial charge in [0, 0.05) is 20.2 Å². The highest BCUT2D eigenvalue weighted by Gasteiger charge is 2.29. The first-order valence-electron chi connectivity index (χ1n) is 5.56. The molecule has 1 atom stereocenters. The highest BCUT2D eigenvalue weighted by molar-refractivity contribution is 6.31. The molecule has 1 unspecified atom stereocenters. The Morgan fingerprint density at radius 1 is 1.61 bits per heavy atom. The Kier molecular flexibility index (Phi) is 3.93. The lowest BCUT2D eigenvalue weighted by Gasteiger charge is -2.32. The Balaban J connectivity index is 2.32. The van der Waals surface area contributed by atoms with Crippen LogP contribution in [-0.2, 0) is 4.74 Å². The summed E-state index contributed by atoms with van der Waals surface area (Å²) >= 11 is 5.76. The van der Waals surface area contributed by atoms with Crippen LogP contribution in [0.15, 0.2) is 6.33 Å². The molecular weight excluding hydrogens is 260 g/mol. The lowest BCUT2D eigenvalue weighted by atomic mass is 10.1. The van der Waals surface area contributed by atoms with Gasteiger partial charge in [-0.3, -0.25) is 10.1 Å². The second-order valence-electron chi connectivity index (χ2n) is 4.04. The van der Waals surface area contributed by atoms with Gasteiger partial charge in [-0.05, 0) is 12.8 Å². The average molecular weight is 273 g/mol. The molecule has 18 heavy (non-hydrogen) atoms. The number of methoxy groups -OCH3 is 1.